The normalized spacial score (nSPS) is 13.1. The van der Waals surface area contributed by atoms with Crippen molar-refractivity contribution in [3.8, 4) is 0 Å². The minimum Gasteiger partial charge on any atom is -0.384 e. The Hall–Kier alpha value is -0.450. The Bertz CT molecular complexity index is 286. The van der Waals surface area contributed by atoms with E-state index in [1.165, 1.54) is 9.88 Å². The van der Waals surface area contributed by atoms with E-state index in [1.807, 2.05) is 7.05 Å². The van der Waals surface area contributed by atoms with Crippen molar-refractivity contribution in [2.75, 3.05) is 20.8 Å². The molecule has 1 rings (SSSR count). The molecule has 0 bridgehead atoms. The Morgan fingerprint density at radius 1 is 1.57 bits per heavy atom. The second-order valence-corrected chi connectivity index (χ2v) is 4.43. The molecule has 0 saturated heterocycles. The molecular weight excluding hydrogens is 196 g/mol. The fourth-order valence-electron chi connectivity index (χ4n) is 1.29. The number of nitrogens with zero attached hydrogens (tertiary/aromatic N) is 1. The highest BCUT2D eigenvalue weighted by Gasteiger charge is 2.12. The van der Waals surface area contributed by atoms with Crippen LogP contribution in [0.1, 0.15) is 28.5 Å². The van der Waals surface area contributed by atoms with Crippen molar-refractivity contribution in [2.24, 2.45) is 0 Å². The van der Waals surface area contributed by atoms with E-state index in [1.54, 1.807) is 18.4 Å². The van der Waals surface area contributed by atoms with Crippen LogP contribution in [-0.2, 0) is 11.2 Å². The highest BCUT2D eigenvalue weighted by atomic mass is 32.1. The van der Waals surface area contributed by atoms with Crippen LogP contribution in [0.2, 0.25) is 0 Å². The number of thiazole rings is 1. The van der Waals surface area contributed by atoms with E-state index >= 15 is 0 Å². The van der Waals surface area contributed by atoms with Crippen LogP contribution in [0, 0.1) is 6.92 Å². The maximum absolute atomic E-state index is 5.03. The third-order valence-corrected chi connectivity index (χ3v) is 3.62. The van der Waals surface area contributed by atoms with Crippen LogP contribution in [0.15, 0.2) is 0 Å². The predicted molar refractivity (Wildman–Crippen MR) is 59.9 cm³/mol. The minimum absolute atomic E-state index is 0.392. The van der Waals surface area contributed by atoms with Gasteiger partial charge in [-0.3, -0.25) is 0 Å². The summed E-state index contributed by atoms with van der Waals surface area (Å²) in [6.45, 7) is 4.97. The zero-order valence-electron chi connectivity index (χ0n) is 9.26. The molecule has 1 unspecified atom stereocenters. The van der Waals surface area contributed by atoms with Gasteiger partial charge in [-0.15, -0.1) is 11.3 Å². The number of rotatable bonds is 5. The van der Waals surface area contributed by atoms with E-state index in [4.69, 9.17) is 4.74 Å². The molecule has 1 atom stereocenters. The molecule has 4 heteroatoms. The highest BCUT2D eigenvalue weighted by Crippen LogP contribution is 2.24. The molecule has 0 aromatic carbocycles. The van der Waals surface area contributed by atoms with Gasteiger partial charge in [0.2, 0.25) is 0 Å². The quantitative estimate of drug-likeness (QED) is 0.813. The second-order valence-electron chi connectivity index (χ2n) is 3.31. The van der Waals surface area contributed by atoms with Crippen molar-refractivity contribution in [1.29, 1.82) is 0 Å². The molecule has 3 nitrogen and oxygen atoms in total. The van der Waals surface area contributed by atoms with Crippen molar-refractivity contribution in [3.05, 3.63) is 15.6 Å². The van der Waals surface area contributed by atoms with Crippen molar-refractivity contribution in [1.82, 2.24) is 10.3 Å². The van der Waals surface area contributed by atoms with Crippen LogP contribution >= 0.6 is 11.3 Å². The van der Waals surface area contributed by atoms with Crippen molar-refractivity contribution in [3.63, 3.8) is 0 Å². The van der Waals surface area contributed by atoms with Crippen LogP contribution in [-0.4, -0.2) is 25.7 Å². The monoisotopic (exact) mass is 214 g/mol. The Morgan fingerprint density at radius 3 is 2.86 bits per heavy atom. The van der Waals surface area contributed by atoms with Gasteiger partial charge in [-0.05, 0) is 20.9 Å². The first-order chi connectivity index (χ1) is 6.69. The fourth-order valence-corrected chi connectivity index (χ4v) is 2.40. The van der Waals surface area contributed by atoms with E-state index in [9.17, 15) is 0 Å². The maximum atomic E-state index is 5.03. The van der Waals surface area contributed by atoms with Gasteiger partial charge in [0.15, 0.2) is 0 Å². The number of hydrogen-bond acceptors (Lipinski definition) is 4. The third kappa shape index (κ3) is 2.77. The number of aromatic nitrogens is 1. The molecule has 80 valence electrons. The first-order valence-electron chi connectivity index (χ1n) is 4.81. The topological polar surface area (TPSA) is 34.1 Å². The zero-order valence-corrected chi connectivity index (χ0v) is 10.1. The summed E-state index contributed by atoms with van der Waals surface area (Å²) < 4.78 is 5.03. The van der Waals surface area contributed by atoms with Crippen LogP contribution in [0.3, 0.4) is 0 Å². The molecule has 1 heterocycles. The summed E-state index contributed by atoms with van der Waals surface area (Å²) in [5.41, 5.74) is 1.14. The number of hydrogen-bond donors (Lipinski definition) is 1. The number of ether oxygens (including phenoxy) is 1. The SMILES string of the molecule is CNC(C)c1sc(CCOC)nc1C. The fraction of sp³-hybridized carbons (Fsp3) is 0.700. The van der Waals surface area contributed by atoms with Crippen LogP contribution in [0.25, 0.3) is 0 Å². The molecule has 1 N–H and O–H groups in total. The smallest absolute Gasteiger partial charge is 0.0954 e. The molecule has 0 saturated carbocycles. The Balaban J connectivity index is 2.71. The average molecular weight is 214 g/mol. The van der Waals surface area contributed by atoms with E-state index in [-0.39, 0.29) is 0 Å². The molecule has 0 fully saturated rings. The Kier molecular flexibility index (Phi) is 4.51. The summed E-state index contributed by atoms with van der Waals surface area (Å²) in [5.74, 6) is 0. The lowest BCUT2D eigenvalue weighted by molar-refractivity contribution is 0.202. The number of aryl methyl sites for hydroxylation is 1. The Morgan fingerprint density at radius 2 is 2.29 bits per heavy atom. The van der Waals surface area contributed by atoms with Crippen molar-refractivity contribution < 1.29 is 4.74 Å². The average Bonchev–Trinajstić information content (AvgIpc) is 2.55. The maximum Gasteiger partial charge on any atom is 0.0954 e. The van der Waals surface area contributed by atoms with Gasteiger partial charge in [0.1, 0.15) is 0 Å². The summed E-state index contributed by atoms with van der Waals surface area (Å²) >= 11 is 1.78. The number of methoxy groups -OCH3 is 1. The lowest BCUT2D eigenvalue weighted by Crippen LogP contribution is -2.11. The molecule has 1 aromatic heterocycles. The van der Waals surface area contributed by atoms with Crippen molar-refractivity contribution >= 4 is 11.3 Å². The lowest BCUT2D eigenvalue weighted by atomic mass is 10.2. The molecule has 0 aliphatic heterocycles. The summed E-state index contributed by atoms with van der Waals surface area (Å²) in [6.07, 6.45) is 0.915. The van der Waals surface area contributed by atoms with Gasteiger partial charge < -0.3 is 10.1 Å². The number of nitrogens with one attached hydrogen (secondary N) is 1. The molecule has 0 spiro atoms. The summed E-state index contributed by atoms with van der Waals surface area (Å²) in [5, 5.41) is 4.40. The first-order valence-corrected chi connectivity index (χ1v) is 5.63. The van der Waals surface area contributed by atoms with Gasteiger partial charge in [0, 0.05) is 24.4 Å². The molecule has 0 radical (unpaired) electrons. The van der Waals surface area contributed by atoms with Gasteiger partial charge in [0.05, 0.1) is 17.3 Å². The Labute approximate surface area is 89.5 Å². The van der Waals surface area contributed by atoms with E-state index in [0.29, 0.717) is 6.04 Å². The lowest BCUT2D eigenvalue weighted by Gasteiger charge is -2.06. The summed E-state index contributed by atoms with van der Waals surface area (Å²) in [4.78, 5) is 5.85. The van der Waals surface area contributed by atoms with Gasteiger partial charge in [-0.25, -0.2) is 4.98 Å². The van der Waals surface area contributed by atoms with Crippen LogP contribution in [0.5, 0.6) is 0 Å². The first kappa shape index (κ1) is 11.6. The van der Waals surface area contributed by atoms with Crippen LogP contribution < -0.4 is 5.32 Å². The van der Waals surface area contributed by atoms with Gasteiger partial charge in [-0.2, -0.15) is 0 Å². The second kappa shape index (κ2) is 5.44. The molecule has 0 amide bonds. The van der Waals surface area contributed by atoms with E-state index in [0.717, 1.165) is 18.7 Å². The van der Waals surface area contributed by atoms with Crippen molar-refractivity contribution in [2.45, 2.75) is 26.3 Å². The highest BCUT2D eigenvalue weighted by molar-refractivity contribution is 7.11. The van der Waals surface area contributed by atoms with Gasteiger partial charge in [0.25, 0.3) is 0 Å². The largest absolute Gasteiger partial charge is 0.384 e. The standard InChI is InChI=1S/C10H18N2OS/c1-7(11-3)10-8(2)12-9(14-10)5-6-13-4/h7,11H,5-6H2,1-4H3. The minimum atomic E-state index is 0.392. The summed E-state index contributed by atoms with van der Waals surface area (Å²) in [7, 11) is 3.69. The van der Waals surface area contributed by atoms with Gasteiger partial charge >= 0.3 is 0 Å². The molecule has 1 aromatic rings. The van der Waals surface area contributed by atoms with Gasteiger partial charge in [-0.1, -0.05) is 0 Å². The van der Waals surface area contributed by atoms with Crippen LogP contribution in [0.4, 0.5) is 0 Å². The molecule has 14 heavy (non-hydrogen) atoms. The van der Waals surface area contributed by atoms with E-state index < -0.39 is 0 Å². The summed E-state index contributed by atoms with van der Waals surface area (Å²) in [6, 6.07) is 0.392. The third-order valence-electron chi connectivity index (χ3n) is 2.22. The predicted octanol–water partition coefficient (Wildman–Crippen LogP) is 1.92. The molecule has 0 aliphatic rings. The van der Waals surface area contributed by atoms with E-state index in [2.05, 4.69) is 24.1 Å². The zero-order chi connectivity index (χ0) is 10.6. The molecule has 0 aliphatic carbocycles. The molecular formula is C10H18N2OS.